The van der Waals surface area contributed by atoms with Gasteiger partial charge in [0.25, 0.3) is 0 Å². The molecular formula is C14H24O. The van der Waals surface area contributed by atoms with Crippen LogP contribution in [0.25, 0.3) is 0 Å². The Hall–Kier alpha value is -0.300. The van der Waals surface area contributed by atoms with Crippen molar-refractivity contribution in [1.29, 1.82) is 0 Å². The Morgan fingerprint density at radius 3 is 2.60 bits per heavy atom. The van der Waals surface area contributed by atoms with Crippen LogP contribution in [-0.2, 0) is 0 Å². The zero-order valence-electron chi connectivity index (χ0n) is 9.75. The molecule has 1 fully saturated rings. The summed E-state index contributed by atoms with van der Waals surface area (Å²) in [6.07, 6.45) is 15.0. The van der Waals surface area contributed by atoms with Crippen LogP contribution >= 0.6 is 0 Å². The lowest BCUT2D eigenvalue weighted by Crippen LogP contribution is -2.19. The van der Waals surface area contributed by atoms with Gasteiger partial charge in [-0.3, -0.25) is 0 Å². The van der Waals surface area contributed by atoms with Crippen LogP contribution in [0.5, 0.6) is 0 Å². The van der Waals surface area contributed by atoms with Gasteiger partial charge >= 0.3 is 0 Å². The van der Waals surface area contributed by atoms with Crippen LogP contribution < -0.4 is 0 Å². The summed E-state index contributed by atoms with van der Waals surface area (Å²) >= 11 is 0. The number of aliphatic hydroxyl groups excluding tert-OH is 1. The Kier molecular flexibility index (Phi) is 4.25. The summed E-state index contributed by atoms with van der Waals surface area (Å²) in [5.74, 6) is 0.802. The topological polar surface area (TPSA) is 20.2 Å². The molecule has 1 N–H and O–H groups in total. The van der Waals surface area contributed by atoms with Crippen LogP contribution in [0.2, 0.25) is 0 Å². The van der Waals surface area contributed by atoms with E-state index in [0.717, 1.165) is 18.8 Å². The van der Waals surface area contributed by atoms with E-state index in [-0.39, 0.29) is 6.10 Å². The lowest BCUT2D eigenvalue weighted by molar-refractivity contribution is 0.155. The molecule has 1 atom stereocenters. The molecule has 0 amide bonds. The van der Waals surface area contributed by atoms with Gasteiger partial charge in [-0.1, -0.05) is 38.2 Å². The minimum atomic E-state index is -0.117. The Bertz CT molecular complexity index is 213. The molecule has 15 heavy (non-hydrogen) atoms. The van der Waals surface area contributed by atoms with Gasteiger partial charge in [0.2, 0.25) is 0 Å². The molecule has 0 aromatic rings. The van der Waals surface area contributed by atoms with Crippen molar-refractivity contribution in [2.75, 3.05) is 0 Å². The number of hydrogen-bond acceptors (Lipinski definition) is 1. The maximum absolute atomic E-state index is 10.2. The van der Waals surface area contributed by atoms with E-state index in [1.807, 2.05) is 0 Å². The normalized spacial score (nSPS) is 26.1. The molecule has 2 aliphatic carbocycles. The Morgan fingerprint density at radius 1 is 1.13 bits per heavy atom. The highest BCUT2D eigenvalue weighted by atomic mass is 16.3. The summed E-state index contributed by atoms with van der Waals surface area (Å²) in [5.41, 5.74) is 1.34. The second-order valence-electron chi connectivity index (χ2n) is 5.28. The molecule has 1 nitrogen and oxygen atoms in total. The Balaban J connectivity index is 1.79. The molecule has 0 aliphatic heterocycles. The summed E-state index contributed by atoms with van der Waals surface area (Å²) in [6, 6.07) is 0. The Morgan fingerprint density at radius 2 is 1.93 bits per heavy atom. The third-order valence-electron chi connectivity index (χ3n) is 4.04. The maximum Gasteiger partial charge on any atom is 0.0752 e. The lowest BCUT2D eigenvalue weighted by atomic mass is 9.82. The molecule has 1 heteroatoms. The van der Waals surface area contributed by atoms with E-state index in [1.54, 1.807) is 0 Å². The molecule has 86 valence electrons. The van der Waals surface area contributed by atoms with Crippen molar-refractivity contribution >= 4 is 0 Å². The quantitative estimate of drug-likeness (QED) is 0.699. The van der Waals surface area contributed by atoms with Crippen molar-refractivity contribution in [3.05, 3.63) is 11.6 Å². The van der Waals surface area contributed by atoms with Crippen LogP contribution in [0.4, 0.5) is 0 Å². The molecule has 0 spiro atoms. The van der Waals surface area contributed by atoms with Crippen molar-refractivity contribution in [3.8, 4) is 0 Å². The van der Waals surface area contributed by atoms with E-state index in [9.17, 15) is 5.11 Å². The second kappa shape index (κ2) is 5.69. The van der Waals surface area contributed by atoms with Crippen LogP contribution in [0.1, 0.15) is 64.2 Å². The molecule has 2 aliphatic rings. The van der Waals surface area contributed by atoms with Crippen molar-refractivity contribution in [2.24, 2.45) is 5.92 Å². The van der Waals surface area contributed by atoms with E-state index in [4.69, 9.17) is 0 Å². The van der Waals surface area contributed by atoms with Crippen molar-refractivity contribution in [2.45, 2.75) is 70.3 Å². The fourth-order valence-corrected chi connectivity index (χ4v) is 3.06. The van der Waals surface area contributed by atoms with Gasteiger partial charge in [0.05, 0.1) is 6.10 Å². The summed E-state index contributed by atoms with van der Waals surface area (Å²) in [4.78, 5) is 0. The second-order valence-corrected chi connectivity index (χ2v) is 5.28. The number of rotatable bonds is 3. The average molecular weight is 208 g/mol. The van der Waals surface area contributed by atoms with E-state index < -0.39 is 0 Å². The van der Waals surface area contributed by atoms with Crippen molar-refractivity contribution in [3.63, 3.8) is 0 Å². The summed E-state index contributed by atoms with van der Waals surface area (Å²) in [6.45, 7) is 0. The first-order valence-electron chi connectivity index (χ1n) is 6.73. The third kappa shape index (κ3) is 3.34. The predicted octanol–water partition coefficient (Wildman–Crippen LogP) is 3.82. The van der Waals surface area contributed by atoms with Gasteiger partial charge in [-0.2, -0.15) is 0 Å². The zero-order valence-corrected chi connectivity index (χ0v) is 9.75. The fraction of sp³-hybridized carbons (Fsp3) is 0.857. The fourth-order valence-electron chi connectivity index (χ4n) is 3.06. The molecule has 0 bridgehead atoms. The van der Waals surface area contributed by atoms with Crippen LogP contribution in [0.3, 0.4) is 0 Å². The van der Waals surface area contributed by atoms with E-state index in [2.05, 4.69) is 6.08 Å². The van der Waals surface area contributed by atoms with E-state index >= 15 is 0 Å². The van der Waals surface area contributed by atoms with E-state index in [1.165, 1.54) is 56.9 Å². The van der Waals surface area contributed by atoms with Crippen molar-refractivity contribution < 1.29 is 5.11 Å². The highest BCUT2D eigenvalue weighted by Crippen LogP contribution is 2.30. The molecule has 2 rings (SSSR count). The largest absolute Gasteiger partial charge is 0.389 e. The first-order chi connectivity index (χ1) is 7.36. The van der Waals surface area contributed by atoms with Gasteiger partial charge in [-0.05, 0) is 43.6 Å². The SMILES string of the molecule is OC(CC1CCCCC1)C1=CCCCC1. The first-order valence-corrected chi connectivity index (χ1v) is 6.73. The minimum Gasteiger partial charge on any atom is -0.389 e. The van der Waals surface area contributed by atoms with Crippen LogP contribution in [0.15, 0.2) is 11.6 Å². The molecule has 0 saturated heterocycles. The standard InChI is InChI=1S/C14H24O/c15-14(13-9-5-2-6-10-13)11-12-7-3-1-4-8-12/h9,12,14-15H,1-8,10-11H2. The van der Waals surface area contributed by atoms with Gasteiger partial charge in [0, 0.05) is 0 Å². The molecule has 0 aromatic carbocycles. The first kappa shape index (κ1) is 11.2. The minimum absolute atomic E-state index is 0.117. The Labute approximate surface area is 93.6 Å². The summed E-state index contributed by atoms with van der Waals surface area (Å²) in [7, 11) is 0. The number of allylic oxidation sites excluding steroid dienone is 1. The predicted molar refractivity (Wildman–Crippen MR) is 63.7 cm³/mol. The maximum atomic E-state index is 10.2. The third-order valence-corrected chi connectivity index (χ3v) is 4.04. The zero-order chi connectivity index (χ0) is 10.5. The highest BCUT2D eigenvalue weighted by Gasteiger charge is 2.20. The van der Waals surface area contributed by atoms with Gasteiger partial charge in [0.1, 0.15) is 0 Å². The molecule has 1 unspecified atom stereocenters. The van der Waals surface area contributed by atoms with Crippen LogP contribution in [0, 0.1) is 5.92 Å². The summed E-state index contributed by atoms with van der Waals surface area (Å²) < 4.78 is 0. The van der Waals surface area contributed by atoms with E-state index in [0.29, 0.717) is 0 Å². The molecule has 0 radical (unpaired) electrons. The molecule has 0 aromatic heterocycles. The highest BCUT2D eigenvalue weighted by molar-refractivity contribution is 5.10. The van der Waals surface area contributed by atoms with Gasteiger partial charge < -0.3 is 5.11 Å². The molecule has 0 heterocycles. The molecular weight excluding hydrogens is 184 g/mol. The summed E-state index contributed by atoms with van der Waals surface area (Å²) in [5, 5.41) is 10.2. The lowest BCUT2D eigenvalue weighted by Gasteiger charge is -2.26. The number of aliphatic hydroxyl groups is 1. The smallest absolute Gasteiger partial charge is 0.0752 e. The molecule has 1 saturated carbocycles. The van der Waals surface area contributed by atoms with Crippen molar-refractivity contribution in [1.82, 2.24) is 0 Å². The number of hydrogen-bond donors (Lipinski definition) is 1. The van der Waals surface area contributed by atoms with Gasteiger partial charge in [0.15, 0.2) is 0 Å². The monoisotopic (exact) mass is 208 g/mol. The van der Waals surface area contributed by atoms with Gasteiger partial charge in [-0.25, -0.2) is 0 Å². The van der Waals surface area contributed by atoms with Crippen LogP contribution in [-0.4, -0.2) is 11.2 Å². The van der Waals surface area contributed by atoms with Gasteiger partial charge in [-0.15, -0.1) is 0 Å². The average Bonchev–Trinajstić information content (AvgIpc) is 2.31.